The summed E-state index contributed by atoms with van der Waals surface area (Å²) in [6.07, 6.45) is 1.34. The standard InChI is InChI=1S/C14H15ClO4/c1-3-9-14(12(16)17,13(18)19-4-2)10-5-7-11(15)8-6-10/h3,5-8H,1,4,9H2,2H3,(H,16,17). The van der Waals surface area contributed by atoms with E-state index in [1.807, 2.05) is 0 Å². The Balaban J connectivity index is 3.38. The molecule has 0 aliphatic heterocycles. The lowest BCUT2D eigenvalue weighted by atomic mass is 9.77. The SMILES string of the molecule is C=CCC(C(=O)O)(C(=O)OCC)c1ccc(Cl)cc1. The van der Waals surface area contributed by atoms with Crippen molar-refractivity contribution < 1.29 is 19.4 Å². The van der Waals surface area contributed by atoms with E-state index in [2.05, 4.69) is 6.58 Å². The molecule has 0 amide bonds. The summed E-state index contributed by atoms with van der Waals surface area (Å²) in [6.45, 7) is 5.25. The molecule has 5 heteroatoms. The van der Waals surface area contributed by atoms with Crippen molar-refractivity contribution in [2.24, 2.45) is 0 Å². The van der Waals surface area contributed by atoms with Crippen LogP contribution in [0.15, 0.2) is 36.9 Å². The number of benzene rings is 1. The summed E-state index contributed by atoms with van der Waals surface area (Å²) < 4.78 is 4.91. The Morgan fingerprint density at radius 1 is 1.42 bits per heavy atom. The zero-order chi connectivity index (χ0) is 14.5. The quantitative estimate of drug-likeness (QED) is 0.495. The average molecular weight is 283 g/mol. The fourth-order valence-electron chi connectivity index (χ4n) is 1.82. The molecule has 0 saturated carbocycles. The second-order valence-corrected chi connectivity index (χ2v) is 4.37. The molecule has 0 fully saturated rings. The summed E-state index contributed by atoms with van der Waals surface area (Å²) in [5, 5.41) is 9.96. The number of rotatable bonds is 6. The van der Waals surface area contributed by atoms with Crippen LogP contribution in [-0.4, -0.2) is 23.7 Å². The van der Waals surface area contributed by atoms with Crippen LogP contribution >= 0.6 is 11.6 Å². The van der Waals surface area contributed by atoms with Crippen LogP contribution in [0.1, 0.15) is 18.9 Å². The topological polar surface area (TPSA) is 63.6 Å². The molecule has 0 bridgehead atoms. The maximum Gasteiger partial charge on any atom is 0.328 e. The first-order valence-electron chi connectivity index (χ1n) is 5.76. The van der Waals surface area contributed by atoms with E-state index < -0.39 is 17.4 Å². The van der Waals surface area contributed by atoms with E-state index >= 15 is 0 Å². The lowest BCUT2D eigenvalue weighted by Crippen LogP contribution is -2.44. The van der Waals surface area contributed by atoms with Gasteiger partial charge in [0.25, 0.3) is 0 Å². The van der Waals surface area contributed by atoms with Crippen LogP contribution in [0.25, 0.3) is 0 Å². The normalized spacial score (nSPS) is 13.4. The predicted molar refractivity (Wildman–Crippen MR) is 72.2 cm³/mol. The predicted octanol–water partition coefficient (Wildman–Crippen LogP) is 2.80. The fourth-order valence-corrected chi connectivity index (χ4v) is 1.95. The van der Waals surface area contributed by atoms with E-state index in [1.54, 1.807) is 6.92 Å². The molecule has 1 rings (SSSR count). The first-order valence-corrected chi connectivity index (χ1v) is 6.14. The highest BCUT2D eigenvalue weighted by atomic mass is 35.5. The van der Waals surface area contributed by atoms with Gasteiger partial charge in [-0.15, -0.1) is 6.58 Å². The van der Waals surface area contributed by atoms with Gasteiger partial charge in [-0.05, 0) is 31.0 Å². The molecule has 0 aliphatic rings. The average Bonchev–Trinajstić information content (AvgIpc) is 2.37. The van der Waals surface area contributed by atoms with Gasteiger partial charge < -0.3 is 9.84 Å². The van der Waals surface area contributed by atoms with Gasteiger partial charge in [-0.1, -0.05) is 29.8 Å². The number of hydrogen-bond donors (Lipinski definition) is 1. The van der Waals surface area contributed by atoms with Crippen molar-refractivity contribution in [1.82, 2.24) is 0 Å². The number of halogens is 1. The molecule has 1 atom stereocenters. The van der Waals surface area contributed by atoms with Gasteiger partial charge in [0.2, 0.25) is 0 Å². The second kappa shape index (κ2) is 6.38. The number of esters is 1. The van der Waals surface area contributed by atoms with Crippen molar-refractivity contribution in [3.63, 3.8) is 0 Å². The minimum atomic E-state index is -1.78. The second-order valence-electron chi connectivity index (χ2n) is 3.93. The Kier molecular flexibility index (Phi) is 5.12. The lowest BCUT2D eigenvalue weighted by molar-refractivity contribution is -0.161. The Labute approximate surface area is 116 Å². The third-order valence-electron chi connectivity index (χ3n) is 2.78. The highest BCUT2D eigenvalue weighted by molar-refractivity contribution is 6.30. The fraction of sp³-hybridized carbons (Fsp3) is 0.286. The third-order valence-corrected chi connectivity index (χ3v) is 3.03. The molecule has 0 radical (unpaired) electrons. The van der Waals surface area contributed by atoms with Crippen LogP contribution in [0.3, 0.4) is 0 Å². The minimum Gasteiger partial charge on any atom is -0.480 e. The Morgan fingerprint density at radius 3 is 2.42 bits per heavy atom. The van der Waals surface area contributed by atoms with E-state index in [0.717, 1.165) is 0 Å². The van der Waals surface area contributed by atoms with Crippen molar-refractivity contribution in [2.45, 2.75) is 18.8 Å². The van der Waals surface area contributed by atoms with Gasteiger partial charge in [0, 0.05) is 5.02 Å². The van der Waals surface area contributed by atoms with E-state index in [-0.39, 0.29) is 13.0 Å². The molecule has 0 heterocycles. The number of hydrogen-bond acceptors (Lipinski definition) is 3. The molecule has 4 nitrogen and oxygen atoms in total. The summed E-state index contributed by atoms with van der Waals surface area (Å²) in [5.41, 5.74) is -1.45. The zero-order valence-corrected chi connectivity index (χ0v) is 11.3. The number of carbonyl (C=O) groups excluding carboxylic acids is 1. The maximum atomic E-state index is 12.1. The Hall–Kier alpha value is -1.81. The monoisotopic (exact) mass is 282 g/mol. The molecular weight excluding hydrogens is 268 g/mol. The van der Waals surface area contributed by atoms with E-state index in [4.69, 9.17) is 16.3 Å². The van der Waals surface area contributed by atoms with E-state index in [1.165, 1.54) is 30.3 Å². The molecule has 0 spiro atoms. The highest BCUT2D eigenvalue weighted by Crippen LogP contribution is 2.31. The van der Waals surface area contributed by atoms with Gasteiger partial charge in [0.1, 0.15) is 0 Å². The summed E-state index contributed by atoms with van der Waals surface area (Å²) in [7, 11) is 0. The van der Waals surface area contributed by atoms with Crippen molar-refractivity contribution in [3.05, 3.63) is 47.5 Å². The Morgan fingerprint density at radius 2 is 2.00 bits per heavy atom. The molecule has 102 valence electrons. The van der Waals surface area contributed by atoms with Crippen molar-refractivity contribution in [2.75, 3.05) is 6.61 Å². The van der Waals surface area contributed by atoms with Crippen molar-refractivity contribution in [3.8, 4) is 0 Å². The minimum absolute atomic E-state index is 0.0528. The number of ether oxygens (including phenoxy) is 1. The molecule has 1 N–H and O–H groups in total. The number of aliphatic carboxylic acids is 1. The molecule has 19 heavy (non-hydrogen) atoms. The smallest absolute Gasteiger partial charge is 0.328 e. The molecule has 0 saturated heterocycles. The first-order chi connectivity index (χ1) is 8.98. The summed E-state index contributed by atoms with van der Waals surface area (Å²) >= 11 is 5.78. The van der Waals surface area contributed by atoms with E-state index in [9.17, 15) is 14.7 Å². The van der Waals surface area contributed by atoms with Crippen LogP contribution in [0, 0.1) is 0 Å². The molecule has 1 unspecified atom stereocenters. The number of carboxylic acids is 1. The summed E-state index contributed by atoms with van der Waals surface area (Å²) in [5.74, 6) is -2.07. The largest absolute Gasteiger partial charge is 0.480 e. The summed E-state index contributed by atoms with van der Waals surface area (Å²) in [6, 6.07) is 6.10. The number of carbonyl (C=O) groups is 2. The first kappa shape index (κ1) is 15.2. The number of allylic oxidation sites excluding steroid dienone is 1. The van der Waals surface area contributed by atoms with Crippen LogP contribution < -0.4 is 0 Å². The van der Waals surface area contributed by atoms with Gasteiger partial charge >= 0.3 is 11.9 Å². The van der Waals surface area contributed by atoms with E-state index in [0.29, 0.717) is 10.6 Å². The Bertz CT molecular complexity index is 481. The van der Waals surface area contributed by atoms with Gasteiger partial charge in [-0.2, -0.15) is 0 Å². The van der Waals surface area contributed by atoms with Crippen molar-refractivity contribution in [1.29, 1.82) is 0 Å². The highest BCUT2D eigenvalue weighted by Gasteiger charge is 2.48. The van der Waals surface area contributed by atoms with Crippen LogP contribution in [0.2, 0.25) is 5.02 Å². The van der Waals surface area contributed by atoms with Gasteiger partial charge in [-0.3, -0.25) is 9.59 Å². The number of carboxylic acid groups (broad SMARTS) is 1. The molecule has 0 aliphatic carbocycles. The third kappa shape index (κ3) is 2.96. The lowest BCUT2D eigenvalue weighted by Gasteiger charge is -2.26. The van der Waals surface area contributed by atoms with Crippen LogP contribution in [-0.2, 0) is 19.7 Å². The molecule has 1 aromatic carbocycles. The maximum absolute atomic E-state index is 12.1. The van der Waals surface area contributed by atoms with Crippen molar-refractivity contribution >= 4 is 23.5 Å². The summed E-state index contributed by atoms with van der Waals surface area (Å²) in [4.78, 5) is 23.7. The molecular formula is C14H15ClO4. The molecule has 1 aromatic rings. The van der Waals surface area contributed by atoms with Gasteiger partial charge in [0.15, 0.2) is 5.41 Å². The van der Waals surface area contributed by atoms with Crippen LogP contribution in [0.5, 0.6) is 0 Å². The van der Waals surface area contributed by atoms with Gasteiger partial charge in [0.05, 0.1) is 6.61 Å². The zero-order valence-electron chi connectivity index (χ0n) is 10.6. The van der Waals surface area contributed by atoms with Crippen LogP contribution in [0.4, 0.5) is 0 Å². The van der Waals surface area contributed by atoms with Gasteiger partial charge in [-0.25, -0.2) is 0 Å². The molecule has 0 aromatic heterocycles.